The monoisotopic (exact) mass is 392 g/mol. The molecule has 1 saturated carbocycles. The van der Waals surface area contributed by atoms with Crippen LogP contribution in [0.1, 0.15) is 25.7 Å². The Morgan fingerprint density at radius 2 is 1.90 bits per heavy atom. The largest absolute Gasteiger partial charge is 0.393 e. The molecule has 0 bridgehead atoms. The number of rotatable bonds is 3. The highest BCUT2D eigenvalue weighted by atomic mass is 16.3. The Labute approximate surface area is 166 Å². The molecule has 3 aromatic heterocycles. The summed E-state index contributed by atoms with van der Waals surface area (Å²) in [7, 11) is 0. The van der Waals surface area contributed by atoms with E-state index in [4.69, 9.17) is 4.98 Å². The Hall–Kier alpha value is -3.40. The quantitative estimate of drug-likeness (QED) is 0.609. The molecule has 0 aromatic carbocycles. The van der Waals surface area contributed by atoms with E-state index in [0.29, 0.717) is 28.8 Å². The number of aromatic amines is 1. The van der Waals surface area contributed by atoms with Crippen LogP contribution < -0.4 is 10.2 Å². The molecule has 29 heavy (non-hydrogen) atoms. The third-order valence-corrected chi connectivity index (χ3v) is 5.41. The van der Waals surface area contributed by atoms with E-state index in [1.54, 1.807) is 12.4 Å². The van der Waals surface area contributed by atoms with Crippen molar-refractivity contribution in [1.82, 2.24) is 30.1 Å². The molecule has 1 fully saturated rings. The maximum absolute atomic E-state index is 12.2. The van der Waals surface area contributed by atoms with Gasteiger partial charge >= 0.3 is 0 Å². The minimum Gasteiger partial charge on any atom is -0.393 e. The third kappa shape index (κ3) is 3.42. The summed E-state index contributed by atoms with van der Waals surface area (Å²) < 4.78 is 0. The number of aliphatic hydroxyl groups is 1. The Morgan fingerprint density at radius 3 is 2.62 bits per heavy atom. The number of hydrogen-bond acceptors (Lipinski definition) is 8. The van der Waals surface area contributed by atoms with Gasteiger partial charge in [-0.15, -0.1) is 0 Å². The number of H-pyrrole nitrogens is 1. The molecule has 0 saturated heterocycles. The van der Waals surface area contributed by atoms with Gasteiger partial charge in [-0.25, -0.2) is 15.0 Å². The summed E-state index contributed by atoms with van der Waals surface area (Å²) in [5.74, 6) is 1.58. The van der Waals surface area contributed by atoms with Crippen LogP contribution in [0, 0.1) is 0 Å². The lowest BCUT2D eigenvalue weighted by atomic mass is 9.91. The van der Waals surface area contributed by atoms with Crippen LogP contribution in [0.5, 0.6) is 0 Å². The van der Waals surface area contributed by atoms with Crippen LogP contribution in [0.25, 0.3) is 22.8 Å². The molecular weight excluding hydrogens is 372 g/mol. The average molecular weight is 392 g/mol. The summed E-state index contributed by atoms with van der Waals surface area (Å²) in [6.07, 6.45) is 7.72. The van der Waals surface area contributed by atoms with Crippen molar-refractivity contribution in [2.75, 3.05) is 16.8 Å². The second-order valence-electron chi connectivity index (χ2n) is 7.32. The highest BCUT2D eigenvalue weighted by Gasteiger charge is 2.32. The highest BCUT2D eigenvalue weighted by Crippen LogP contribution is 2.34. The van der Waals surface area contributed by atoms with E-state index in [2.05, 4.69) is 30.5 Å². The van der Waals surface area contributed by atoms with Gasteiger partial charge in [-0.2, -0.15) is 5.10 Å². The van der Waals surface area contributed by atoms with Crippen molar-refractivity contribution in [1.29, 1.82) is 0 Å². The summed E-state index contributed by atoms with van der Waals surface area (Å²) >= 11 is 0. The van der Waals surface area contributed by atoms with Gasteiger partial charge in [-0.1, -0.05) is 0 Å². The van der Waals surface area contributed by atoms with E-state index in [-0.39, 0.29) is 24.6 Å². The normalized spacial score (nSPS) is 21.6. The van der Waals surface area contributed by atoms with Crippen LogP contribution in [0.3, 0.4) is 0 Å². The summed E-state index contributed by atoms with van der Waals surface area (Å²) in [4.78, 5) is 31.9. The summed E-state index contributed by atoms with van der Waals surface area (Å²) in [6, 6.07) is 3.90. The van der Waals surface area contributed by atoms with Crippen LogP contribution in [-0.2, 0) is 4.79 Å². The van der Waals surface area contributed by atoms with Crippen LogP contribution in [0.2, 0.25) is 0 Å². The molecule has 0 unspecified atom stereocenters. The molecule has 1 amide bonds. The predicted molar refractivity (Wildman–Crippen MR) is 105 cm³/mol. The molecule has 4 heterocycles. The number of pyridine rings is 1. The van der Waals surface area contributed by atoms with Gasteiger partial charge in [0.25, 0.3) is 0 Å². The number of anilines is 2. The second kappa shape index (κ2) is 7.21. The zero-order valence-corrected chi connectivity index (χ0v) is 15.6. The van der Waals surface area contributed by atoms with Crippen molar-refractivity contribution in [2.24, 2.45) is 0 Å². The first-order valence-corrected chi connectivity index (χ1v) is 9.61. The summed E-state index contributed by atoms with van der Waals surface area (Å²) in [5.41, 5.74) is 2.15. The van der Waals surface area contributed by atoms with Gasteiger partial charge in [0.15, 0.2) is 17.5 Å². The summed E-state index contributed by atoms with van der Waals surface area (Å²) in [5, 5.41) is 19.3. The second-order valence-corrected chi connectivity index (χ2v) is 7.32. The Kier molecular flexibility index (Phi) is 4.39. The van der Waals surface area contributed by atoms with Gasteiger partial charge in [-0.3, -0.25) is 14.9 Å². The Balaban J connectivity index is 1.46. The number of aliphatic hydroxyl groups excluding tert-OH is 1. The lowest BCUT2D eigenvalue weighted by Gasteiger charge is -2.38. The van der Waals surface area contributed by atoms with Gasteiger partial charge in [0, 0.05) is 17.8 Å². The smallest absolute Gasteiger partial charge is 0.245 e. The van der Waals surface area contributed by atoms with Crippen molar-refractivity contribution in [2.45, 2.75) is 37.8 Å². The fourth-order valence-electron chi connectivity index (χ4n) is 3.89. The molecule has 0 spiro atoms. The number of amides is 1. The number of hydrogen-bond donors (Lipinski definition) is 3. The van der Waals surface area contributed by atoms with Gasteiger partial charge in [0.05, 0.1) is 24.5 Å². The number of nitrogens with zero attached hydrogens (tertiary/aromatic N) is 6. The lowest BCUT2D eigenvalue weighted by Crippen LogP contribution is -2.47. The first-order chi connectivity index (χ1) is 14.2. The van der Waals surface area contributed by atoms with Crippen molar-refractivity contribution >= 4 is 17.5 Å². The number of carbonyl (C=O) groups excluding carboxylic acids is 1. The van der Waals surface area contributed by atoms with Crippen LogP contribution in [0.4, 0.5) is 11.6 Å². The molecule has 0 atom stereocenters. The van der Waals surface area contributed by atoms with Gasteiger partial charge in [-0.05, 0) is 37.8 Å². The Morgan fingerprint density at radius 1 is 1.03 bits per heavy atom. The SMILES string of the molecule is O=C1CN(C2CCC(O)CC2)c2nc(-c3ccc(-c4nc[nH]n4)nc3)cnc2N1. The van der Waals surface area contributed by atoms with Crippen molar-refractivity contribution in [3.05, 3.63) is 30.9 Å². The molecule has 2 aliphatic rings. The van der Waals surface area contributed by atoms with E-state index in [1.165, 1.54) is 6.33 Å². The van der Waals surface area contributed by atoms with E-state index in [0.717, 1.165) is 31.2 Å². The molecule has 3 aromatic rings. The van der Waals surface area contributed by atoms with Crippen LogP contribution >= 0.6 is 0 Å². The Bertz CT molecular complexity index is 1010. The van der Waals surface area contributed by atoms with E-state index >= 15 is 0 Å². The first kappa shape index (κ1) is 17.7. The first-order valence-electron chi connectivity index (χ1n) is 9.61. The zero-order chi connectivity index (χ0) is 19.8. The standard InChI is InChI=1S/C19H20N8O2/c28-13-4-2-12(3-5-13)27-9-16(29)25-18-19(27)24-15(8-21-18)11-1-6-14(20-7-11)17-22-10-23-26-17/h1,6-8,10,12-13,28H,2-5,9H2,(H,21,25,29)(H,22,23,26). The van der Waals surface area contributed by atoms with E-state index in [1.807, 2.05) is 17.0 Å². The minimum absolute atomic E-state index is 0.0943. The third-order valence-electron chi connectivity index (χ3n) is 5.41. The highest BCUT2D eigenvalue weighted by molar-refractivity contribution is 5.99. The molecule has 5 rings (SSSR count). The van der Waals surface area contributed by atoms with Gasteiger partial charge in [0.2, 0.25) is 5.91 Å². The number of carbonyl (C=O) groups is 1. The molecular formula is C19H20N8O2. The van der Waals surface area contributed by atoms with Crippen molar-refractivity contribution in [3.8, 4) is 22.8 Å². The maximum Gasteiger partial charge on any atom is 0.245 e. The van der Waals surface area contributed by atoms with Gasteiger partial charge in [0.1, 0.15) is 12.0 Å². The molecule has 1 aliphatic heterocycles. The van der Waals surface area contributed by atoms with Crippen molar-refractivity contribution in [3.63, 3.8) is 0 Å². The summed E-state index contributed by atoms with van der Waals surface area (Å²) in [6.45, 7) is 0.244. The number of nitrogens with one attached hydrogen (secondary N) is 2. The minimum atomic E-state index is -0.254. The molecule has 1 aliphatic carbocycles. The maximum atomic E-state index is 12.2. The fourth-order valence-corrected chi connectivity index (χ4v) is 3.89. The van der Waals surface area contributed by atoms with Gasteiger partial charge < -0.3 is 15.3 Å². The fraction of sp³-hybridized carbons (Fsp3) is 0.368. The predicted octanol–water partition coefficient (Wildman–Crippen LogP) is 1.39. The van der Waals surface area contributed by atoms with Crippen molar-refractivity contribution < 1.29 is 9.90 Å². The van der Waals surface area contributed by atoms with Crippen LogP contribution in [-0.4, -0.2) is 59.8 Å². The average Bonchev–Trinajstić information content (AvgIpc) is 3.29. The van der Waals surface area contributed by atoms with E-state index < -0.39 is 0 Å². The topological polar surface area (TPSA) is 133 Å². The number of fused-ring (bicyclic) bond motifs is 1. The van der Waals surface area contributed by atoms with E-state index in [9.17, 15) is 9.90 Å². The molecule has 148 valence electrons. The molecule has 0 radical (unpaired) electrons. The molecule has 3 N–H and O–H groups in total. The lowest BCUT2D eigenvalue weighted by molar-refractivity contribution is -0.115. The number of aromatic nitrogens is 6. The molecule has 10 heteroatoms. The van der Waals surface area contributed by atoms with Crippen LogP contribution in [0.15, 0.2) is 30.9 Å². The molecule has 10 nitrogen and oxygen atoms in total. The zero-order valence-electron chi connectivity index (χ0n) is 15.6.